The van der Waals surface area contributed by atoms with Crippen LogP contribution >= 0.6 is 0 Å². The van der Waals surface area contributed by atoms with E-state index in [1.165, 1.54) is 6.07 Å². The molecule has 0 fully saturated rings. The van der Waals surface area contributed by atoms with Crippen molar-refractivity contribution in [3.63, 3.8) is 0 Å². The van der Waals surface area contributed by atoms with Crippen LogP contribution in [0.25, 0.3) is 10.8 Å². The first-order valence-electron chi connectivity index (χ1n) is 9.87. The molecule has 3 aromatic rings. The molecule has 1 nitrogen and oxygen atoms in total. The van der Waals surface area contributed by atoms with E-state index in [1.807, 2.05) is 42.5 Å². The summed E-state index contributed by atoms with van der Waals surface area (Å²) < 4.78 is 40.0. The molecule has 0 spiro atoms. The Morgan fingerprint density at radius 2 is 1.63 bits per heavy atom. The first-order chi connectivity index (χ1) is 14.0. The van der Waals surface area contributed by atoms with Gasteiger partial charge in [-0.3, -0.25) is 4.79 Å². The first kappa shape index (κ1) is 21.8. The summed E-state index contributed by atoms with van der Waals surface area (Å²) in [5, 5.41) is 2.14. The molecule has 0 N–H and O–H groups in total. The van der Waals surface area contributed by atoms with Gasteiger partial charge in [-0.25, -0.2) is 0 Å². The Kier molecular flexibility index (Phi) is 5.89. The lowest BCUT2D eigenvalue weighted by Gasteiger charge is -2.22. The Hall–Kier alpha value is -2.88. The van der Waals surface area contributed by atoms with Gasteiger partial charge in [0.2, 0.25) is 0 Å². The lowest BCUT2D eigenvalue weighted by molar-refractivity contribution is -0.137. The molecule has 0 heterocycles. The van der Waals surface area contributed by atoms with Crippen molar-refractivity contribution in [2.75, 3.05) is 0 Å². The van der Waals surface area contributed by atoms with Gasteiger partial charge in [-0.15, -0.1) is 6.58 Å². The fourth-order valence-electron chi connectivity index (χ4n) is 3.58. The van der Waals surface area contributed by atoms with Gasteiger partial charge in [0.05, 0.1) is 5.56 Å². The molecule has 1 atom stereocenters. The van der Waals surface area contributed by atoms with Gasteiger partial charge >= 0.3 is 6.18 Å². The Morgan fingerprint density at radius 1 is 0.967 bits per heavy atom. The summed E-state index contributed by atoms with van der Waals surface area (Å²) in [6.07, 6.45) is -2.47. The van der Waals surface area contributed by atoms with Crippen molar-refractivity contribution in [2.45, 2.75) is 39.3 Å². The number of halogens is 3. The van der Waals surface area contributed by atoms with Crippen molar-refractivity contribution in [3.8, 4) is 0 Å². The number of hydrogen-bond donors (Lipinski definition) is 0. The van der Waals surface area contributed by atoms with Gasteiger partial charge in [0.1, 0.15) is 0 Å². The van der Waals surface area contributed by atoms with Crippen LogP contribution in [-0.2, 0) is 12.6 Å². The van der Waals surface area contributed by atoms with Crippen LogP contribution in [0.1, 0.15) is 53.7 Å². The zero-order valence-corrected chi connectivity index (χ0v) is 17.4. The van der Waals surface area contributed by atoms with E-state index in [9.17, 15) is 18.0 Å². The summed E-state index contributed by atoms with van der Waals surface area (Å²) in [4.78, 5) is 12.9. The number of benzene rings is 3. The highest BCUT2D eigenvalue weighted by Crippen LogP contribution is 2.35. The van der Waals surface area contributed by atoms with Gasteiger partial charge in [0, 0.05) is 16.9 Å². The van der Waals surface area contributed by atoms with E-state index in [2.05, 4.69) is 6.58 Å². The molecule has 156 valence electrons. The smallest absolute Gasteiger partial charge is 0.294 e. The molecule has 0 aliphatic rings. The molecule has 1 unspecified atom stereocenters. The third-order valence-electron chi connectivity index (χ3n) is 5.28. The predicted octanol–water partition coefficient (Wildman–Crippen LogP) is 7.60. The summed E-state index contributed by atoms with van der Waals surface area (Å²) in [6.45, 7) is 9.21. The standard InChI is InChI=1S/C26H25F3O/c1-5-17(20-11-10-18-8-6-7-9-19(18)15-20)14-21-16-22(26(27,28)29)12-13-23(21)24(30)25(2,3)4/h5-13,15-17H,1,14H2,2-4H3. The molecule has 0 aromatic heterocycles. The van der Waals surface area contributed by atoms with Crippen LogP contribution in [0.3, 0.4) is 0 Å². The fourth-order valence-corrected chi connectivity index (χ4v) is 3.58. The third-order valence-corrected chi connectivity index (χ3v) is 5.28. The number of hydrogen-bond acceptors (Lipinski definition) is 1. The van der Waals surface area contributed by atoms with E-state index in [4.69, 9.17) is 0 Å². The Balaban J connectivity index is 2.06. The zero-order chi connectivity index (χ0) is 22.1. The lowest BCUT2D eigenvalue weighted by Crippen LogP contribution is -2.22. The summed E-state index contributed by atoms with van der Waals surface area (Å²) in [6, 6.07) is 17.3. The van der Waals surface area contributed by atoms with E-state index in [0.717, 1.165) is 28.5 Å². The minimum absolute atomic E-state index is 0.174. The highest BCUT2D eigenvalue weighted by molar-refractivity contribution is 6.01. The second-order valence-corrected chi connectivity index (χ2v) is 8.60. The Bertz CT molecular complexity index is 1090. The second kappa shape index (κ2) is 8.10. The van der Waals surface area contributed by atoms with Gasteiger partial charge in [-0.2, -0.15) is 13.2 Å². The molecule has 0 aliphatic carbocycles. The third kappa shape index (κ3) is 4.64. The topological polar surface area (TPSA) is 17.1 Å². The van der Waals surface area contributed by atoms with E-state index in [-0.39, 0.29) is 18.1 Å². The molecule has 0 radical (unpaired) electrons. The number of Topliss-reactive ketones (excluding diaryl/α,β-unsaturated/α-hetero) is 1. The molecule has 0 saturated carbocycles. The van der Waals surface area contributed by atoms with Gasteiger partial charge in [-0.1, -0.05) is 75.4 Å². The summed E-state index contributed by atoms with van der Waals surface area (Å²) >= 11 is 0. The highest BCUT2D eigenvalue weighted by Gasteiger charge is 2.33. The molecule has 0 aliphatic heterocycles. The van der Waals surface area contributed by atoms with Gasteiger partial charge in [0.25, 0.3) is 0 Å². The number of ketones is 1. The minimum Gasteiger partial charge on any atom is -0.294 e. The lowest BCUT2D eigenvalue weighted by atomic mass is 9.81. The Labute approximate surface area is 175 Å². The van der Waals surface area contributed by atoms with Crippen LogP contribution in [0.2, 0.25) is 0 Å². The highest BCUT2D eigenvalue weighted by atomic mass is 19.4. The molecule has 0 amide bonds. The van der Waals surface area contributed by atoms with E-state index < -0.39 is 17.2 Å². The van der Waals surface area contributed by atoms with Crippen LogP contribution in [0.15, 0.2) is 73.3 Å². The maximum atomic E-state index is 13.3. The van der Waals surface area contributed by atoms with Crippen LogP contribution < -0.4 is 0 Å². The summed E-state index contributed by atoms with van der Waals surface area (Å²) in [5.41, 5.74) is 0.242. The average Bonchev–Trinajstić information content (AvgIpc) is 2.69. The van der Waals surface area contributed by atoms with Gasteiger partial charge < -0.3 is 0 Å². The summed E-state index contributed by atoms with van der Waals surface area (Å²) in [7, 11) is 0. The molecule has 0 saturated heterocycles. The Morgan fingerprint density at radius 3 is 2.23 bits per heavy atom. The van der Waals surface area contributed by atoms with Crippen molar-refractivity contribution >= 4 is 16.6 Å². The summed E-state index contributed by atoms with van der Waals surface area (Å²) in [5.74, 6) is -0.392. The molecule has 0 bridgehead atoms. The molecule has 30 heavy (non-hydrogen) atoms. The molecular weight excluding hydrogens is 385 g/mol. The minimum atomic E-state index is -4.47. The molecular formula is C26H25F3O. The van der Waals surface area contributed by atoms with E-state index in [1.54, 1.807) is 26.8 Å². The number of carbonyl (C=O) groups excluding carboxylic acids is 1. The van der Waals surface area contributed by atoms with Gasteiger partial charge in [0.15, 0.2) is 5.78 Å². The van der Waals surface area contributed by atoms with E-state index >= 15 is 0 Å². The van der Waals surface area contributed by atoms with Crippen molar-refractivity contribution in [2.24, 2.45) is 5.41 Å². The largest absolute Gasteiger partial charge is 0.416 e. The molecule has 3 aromatic carbocycles. The fraction of sp³-hybridized carbons (Fsp3) is 0.269. The van der Waals surface area contributed by atoms with Gasteiger partial charge in [-0.05, 0) is 40.5 Å². The van der Waals surface area contributed by atoms with Crippen molar-refractivity contribution in [1.82, 2.24) is 0 Å². The first-order valence-corrected chi connectivity index (χ1v) is 9.87. The second-order valence-electron chi connectivity index (χ2n) is 8.60. The SMILES string of the molecule is C=CC(Cc1cc(C(F)(F)F)ccc1C(=O)C(C)(C)C)c1ccc2ccccc2c1. The normalized spacial score (nSPS) is 13.3. The number of rotatable bonds is 5. The van der Waals surface area contributed by atoms with Crippen LogP contribution in [0.5, 0.6) is 0 Å². The number of alkyl halides is 3. The van der Waals surface area contributed by atoms with Crippen LogP contribution in [0.4, 0.5) is 13.2 Å². The maximum absolute atomic E-state index is 13.3. The average molecular weight is 410 g/mol. The van der Waals surface area contributed by atoms with E-state index in [0.29, 0.717) is 11.1 Å². The van der Waals surface area contributed by atoms with Crippen molar-refractivity contribution in [3.05, 3.63) is 95.6 Å². The van der Waals surface area contributed by atoms with Crippen molar-refractivity contribution in [1.29, 1.82) is 0 Å². The van der Waals surface area contributed by atoms with Crippen molar-refractivity contribution < 1.29 is 18.0 Å². The van der Waals surface area contributed by atoms with Crippen LogP contribution in [0, 0.1) is 5.41 Å². The quantitative estimate of drug-likeness (QED) is 0.313. The zero-order valence-electron chi connectivity index (χ0n) is 17.4. The number of allylic oxidation sites excluding steroid dienone is 1. The molecule has 3 rings (SSSR count). The molecule has 4 heteroatoms. The van der Waals surface area contributed by atoms with Crippen LogP contribution in [-0.4, -0.2) is 5.78 Å². The maximum Gasteiger partial charge on any atom is 0.416 e. The number of fused-ring (bicyclic) bond motifs is 1. The number of carbonyl (C=O) groups is 1. The predicted molar refractivity (Wildman–Crippen MR) is 116 cm³/mol. The monoisotopic (exact) mass is 410 g/mol.